The summed E-state index contributed by atoms with van der Waals surface area (Å²) >= 11 is 2.04. The number of thioether (sulfide) groups is 1. The fraction of sp³-hybridized carbons (Fsp3) is 0.700. The summed E-state index contributed by atoms with van der Waals surface area (Å²) in [5, 5.41) is 4.39. The van der Waals surface area contributed by atoms with Gasteiger partial charge >= 0.3 is 0 Å². The third kappa shape index (κ3) is 2.12. The maximum atomic E-state index is 5.80. The molecule has 0 bridgehead atoms. The van der Waals surface area contributed by atoms with Crippen molar-refractivity contribution in [3.8, 4) is 0 Å². The van der Waals surface area contributed by atoms with Gasteiger partial charge in [-0.3, -0.25) is 4.68 Å². The van der Waals surface area contributed by atoms with Crippen LogP contribution in [0.2, 0.25) is 0 Å². The number of hydrogen-bond donors (Lipinski definition) is 1. The van der Waals surface area contributed by atoms with E-state index >= 15 is 0 Å². The second-order valence-electron chi connectivity index (χ2n) is 3.89. The monoisotopic (exact) mass is 211 g/mol. The highest BCUT2D eigenvalue weighted by atomic mass is 32.2. The summed E-state index contributed by atoms with van der Waals surface area (Å²) < 4.78 is 2.10. The standard InChI is InChI=1S/C10H17N3S/c1-8(11)9-6-12-13(7-9)10-2-4-14-5-3-10/h6-8,10H,2-5,11H2,1H3. The molecule has 2 heterocycles. The van der Waals surface area contributed by atoms with Crippen LogP contribution in [0.1, 0.15) is 37.4 Å². The third-order valence-corrected chi connectivity index (χ3v) is 3.76. The molecule has 1 aliphatic heterocycles. The van der Waals surface area contributed by atoms with Crippen LogP contribution in [0.15, 0.2) is 12.4 Å². The first-order valence-electron chi connectivity index (χ1n) is 5.15. The summed E-state index contributed by atoms with van der Waals surface area (Å²) in [7, 11) is 0. The molecule has 1 aromatic heterocycles. The number of aromatic nitrogens is 2. The van der Waals surface area contributed by atoms with Gasteiger partial charge in [0.15, 0.2) is 0 Å². The number of rotatable bonds is 2. The van der Waals surface area contributed by atoms with Gasteiger partial charge in [0.1, 0.15) is 0 Å². The summed E-state index contributed by atoms with van der Waals surface area (Å²) in [4.78, 5) is 0. The first-order valence-corrected chi connectivity index (χ1v) is 6.30. The van der Waals surface area contributed by atoms with Gasteiger partial charge in [-0.1, -0.05) is 0 Å². The van der Waals surface area contributed by atoms with E-state index < -0.39 is 0 Å². The Morgan fingerprint density at radius 2 is 2.29 bits per heavy atom. The van der Waals surface area contributed by atoms with Crippen LogP contribution in [-0.4, -0.2) is 21.3 Å². The second kappa shape index (κ2) is 4.36. The predicted molar refractivity (Wildman–Crippen MR) is 60.4 cm³/mol. The Balaban J connectivity index is 2.07. The molecule has 4 heteroatoms. The molecule has 1 fully saturated rings. The van der Waals surface area contributed by atoms with Crippen LogP contribution in [0.4, 0.5) is 0 Å². The molecule has 0 spiro atoms. The zero-order chi connectivity index (χ0) is 9.97. The third-order valence-electron chi connectivity index (χ3n) is 2.71. The van der Waals surface area contributed by atoms with Crippen LogP contribution in [-0.2, 0) is 0 Å². The van der Waals surface area contributed by atoms with Crippen molar-refractivity contribution in [2.45, 2.75) is 31.8 Å². The molecule has 14 heavy (non-hydrogen) atoms. The van der Waals surface area contributed by atoms with Gasteiger partial charge < -0.3 is 5.73 Å². The number of nitrogens with zero attached hydrogens (tertiary/aromatic N) is 2. The maximum Gasteiger partial charge on any atom is 0.0537 e. The molecular weight excluding hydrogens is 194 g/mol. The lowest BCUT2D eigenvalue weighted by Crippen LogP contribution is -2.15. The molecule has 0 radical (unpaired) electrons. The van der Waals surface area contributed by atoms with Crippen LogP contribution in [0.25, 0.3) is 0 Å². The average molecular weight is 211 g/mol. The van der Waals surface area contributed by atoms with Crippen molar-refractivity contribution in [1.29, 1.82) is 0 Å². The van der Waals surface area contributed by atoms with Crippen molar-refractivity contribution in [3.05, 3.63) is 18.0 Å². The van der Waals surface area contributed by atoms with E-state index in [2.05, 4.69) is 16.0 Å². The fourth-order valence-electron chi connectivity index (χ4n) is 1.74. The van der Waals surface area contributed by atoms with Gasteiger partial charge in [0.2, 0.25) is 0 Å². The topological polar surface area (TPSA) is 43.8 Å². The second-order valence-corrected chi connectivity index (χ2v) is 5.11. The molecule has 1 saturated heterocycles. The van der Waals surface area contributed by atoms with E-state index in [1.807, 2.05) is 24.9 Å². The Bertz CT molecular complexity index is 289. The Hall–Kier alpha value is -0.480. The summed E-state index contributed by atoms with van der Waals surface area (Å²) in [5.74, 6) is 2.52. The SMILES string of the molecule is CC(N)c1cnn(C2CCSCC2)c1. The van der Waals surface area contributed by atoms with Gasteiger partial charge in [0.25, 0.3) is 0 Å². The van der Waals surface area contributed by atoms with Crippen molar-refractivity contribution in [3.63, 3.8) is 0 Å². The summed E-state index contributed by atoms with van der Waals surface area (Å²) in [5.41, 5.74) is 6.94. The number of hydrogen-bond acceptors (Lipinski definition) is 3. The normalized spacial score (nSPS) is 21.0. The van der Waals surface area contributed by atoms with Crippen LogP contribution in [0.3, 0.4) is 0 Å². The lowest BCUT2D eigenvalue weighted by Gasteiger charge is -2.21. The Kier molecular flexibility index (Phi) is 3.13. The van der Waals surface area contributed by atoms with E-state index in [1.54, 1.807) is 0 Å². The van der Waals surface area contributed by atoms with Gasteiger partial charge in [-0.2, -0.15) is 16.9 Å². The van der Waals surface area contributed by atoms with E-state index in [0.29, 0.717) is 6.04 Å². The Morgan fingerprint density at radius 1 is 1.57 bits per heavy atom. The fourth-order valence-corrected chi connectivity index (χ4v) is 2.82. The number of nitrogens with two attached hydrogens (primary N) is 1. The van der Waals surface area contributed by atoms with Crippen molar-refractivity contribution in [1.82, 2.24) is 9.78 Å². The van der Waals surface area contributed by atoms with E-state index in [1.165, 1.54) is 24.3 Å². The van der Waals surface area contributed by atoms with E-state index in [-0.39, 0.29) is 6.04 Å². The van der Waals surface area contributed by atoms with Gasteiger partial charge in [-0.05, 0) is 31.3 Å². The van der Waals surface area contributed by atoms with Crippen molar-refractivity contribution >= 4 is 11.8 Å². The first kappa shape index (κ1) is 10.1. The molecule has 1 aliphatic rings. The highest BCUT2D eigenvalue weighted by Crippen LogP contribution is 2.26. The van der Waals surface area contributed by atoms with Crippen LogP contribution < -0.4 is 5.73 Å². The highest BCUT2D eigenvalue weighted by molar-refractivity contribution is 7.99. The predicted octanol–water partition coefficient (Wildman–Crippen LogP) is 1.97. The van der Waals surface area contributed by atoms with Crippen molar-refractivity contribution < 1.29 is 0 Å². The van der Waals surface area contributed by atoms with E-state index in [9.17, 15) is 0 Å². The summed E-state index contributed by atoms with van der Waals surface area (Å²) in [6.07, 6.45) is 6.48. The average Bonchev–Trinajstić information content (AvgIpc) is 2.68. The molecule has 1 aromatic rings. The summed E-state index contributed by atoms with van der Waals surface area (Å²) in [6.45, 7) is 2.00. The van der Waals surface area contributed by atoms with Gasteiger partial charge in [0.05, 0.1) is 12.2 Å². The highest BCUT2D eigenvalue weighted by Gasteiger charge is 2.16. The molecular formula is C10H17N3S. The zero-order valence-electron chi connectivity index (χ0n) is 8.52. The lowest BCUT2D eigenvalue weighted by molar-refractivity contribution is 0.426. The molecule has 3 nitrogen and oxygen atoms in total. The minimum Gasteiger partial charge on any atom is -0.324 e. The van der Waals surface area contributed by atoms with E-state index in [4.69, 9.17) is 5.73 Å². The minimum absolute atomic E-state index is 0.0988. The molecule has 2 rings (SSSR count). The Morgan fingerprint density at radius 3 is 2.86 bits per heavy atom. The van der Waals surface area contributed by atoms with Crippen molar-refractivity contribution in [2.24, 2.45) is 5.73 Å². The molecule has 0 aliphatic carbocycles. The summed E-state index contributed by atoms with van der Waals surface area (Å²) in [6, 6.07) is 0.700. The molecule has 78 valence electrons. The van der Waals surface area contributed by atoms with Crippen molar-refractivity contribution in [2.75, 3.05) is 11.5 Å². The first-order chi connectivity index (χ1) is 6.77. The Labute approximate surface area is 89.1 Å². The van der Waals surface area contributed by atoms with Crippen LogP contribution in [0.5, 0.6) is 0 Å². The minimum atomic E-state index is 0.0988. The molecule has 1 unspecified atom stereocenters. The van der Waals surface area contributed by atoms with Crippen LogP contribution >= 0.6 is 11.8 Å². The molecule has 2 N–H and O–H groups in total. The maximum absolute atomic E-state index is 5.80. The smallest absolute Gasteiger partial charge is 0.0537 e. The van der Waals surface area contributed by atoms with Gasteiger partial charge in [-0.15, -0.1) is 0 Å². The zero-order valence-corrected chi connectivity index (χ0v) is 9.33. The largest absolute Gasteiger partial charge is 0.324 e. The lowest BCUT2D eigenvalue weighted by atomic mass is 10.1. The molecule has 1 atom stereocenters. The molecule has 0 saturated carbocycles. The van der Waals surface area contributed by atoms with Crippen LogP contribution in [0, 0.1) is 0 Å². The van der Waals surface area contributed by atoms with Gasteiger partial charge in [0, 0.05) is 17.8 Å². The van der Waals surface area contributed by atoms with Gasteiger partial charge in [-0.25, -0.2) is 0 Å². The van der Waals surface area contributed by atoms with E-state index in [0.717, 1.165) is 5.56 Å². The molecule has 0 aromatic carbocycles. The quantitative estimate of drug-likeness (QED) is 0.813. The molecule has 0 amide bonds.